The largest absolute Gasteiger partial charge is 0.352 e. The second-order valence-electron chi connectivity index (χ2n) is 6.97. The predicted molar refractivity (Wildman–Crippen MR) is 108 cm³/mol. The van der Waals surface area contributed by atoms with Crippen LogP contribution in [-0.2, 0) is 11.3 Å². The normalized spacial score (nSPS) is 14.8. The Morgan fingerprint density at radius 1 is 1.25 bits per heavy atom. The lowest BCUT2D eigenvalue weighted by Crippen LogP contribution is -2.33. The van der Waals surface area contributed by atoms with Gasteiger partial charge in [-0.3, -0.25) is 14.2 Å². The average molecular weight is 397 g/mol. The van der Waals surface area contributed by atoms with Crippen LogP contribution >= 0.6 is 11.8 Å². The van der Waals surface area contributed by atoms with Crippen molar-refractivity contribution >= 4 is 28.6 Å². The van der Waals surface area contributed by atoms with Crippen molar-refractivity contribution < 1.29 is 9.18 Å². The summed E-state index contributed by atoms with van der Waals surface area (Å²) in [5.74, 6) is -0.379. The van der Waals surface area contributed by atoms with Crippen molar-refractivity contribution in [2.75, 3.05) is 0 Å². The smallest absolute Gasteiger partial charge is 0.262 e. The minimum atomic E-state index is -0.381. The molecule has 5 nitrogen and oxygen atoms in total. The van der Waals surface area contributed by atoms with Crippen LogP contribution in [0, 0.1) is 5.82 Å². The van der Waals surface area contributed by atoms with Gasteiger partial charge in [-0.2, -0.15) is 0 Å². The number of benzene rings is 2. The van der Waals surface area contributed by atoms with Crippen LogP contribution in [0.1, 0.15) is 25.3 Å². The number of halogens is 1. The van der Waals surface area contributed by atoms with Crippen molar-refractivity contribution in [1.82, 2.24) is 14.9 Å². The highest BCUT2D eigenvalue weighted by Gasteiger charge is 2.27. The molecule has 1 aliphatic rings. The Balaban J connectivity index is 1.70. The van der Waals surface area contributed by atoms with E-state index in [1.807, 2.05) is 13.0 Å². The molecule has 0 bridgehead atoms. The molecule has 1 saturated carbocycles. The number of nitrogens with zero attached hydrogens (tertiary/aromatic N) is 2. The minimum Gasteiger partial charge on any atom is -0.352 e. The number of hydrogen-bond acceptors (Lipinski definition) is 4. The third kappa shape index (κ3) is 4.09. The van der Waals surface area contributed by atoms with Crippen LogP contribution in [0.4, 0.5) is 4.39 Å². The van der Waals surface area contributed by atoms with E-state index in [0.29, 0.717) is 16.1 Å². The molecule has 144 valence electrons. The highest BCUT2D eigenvalue weighted by Crippen LogP contribution is 2.25. The topological polar surface area (TPSA) is 64.0 Å². The molecule has 1 aliphatic carbocycles. The summed E-state index contributed by atoms with van der Waals surface area (Å²) in [4.78, 5) is 30.1. The van der Waals surface area contributed by atoms with Crippen molar-refractivity contribution in [2.24, 2.45) is 0 Å². The molecule has 0 saturated heterocycles. The molecular weight excluding hydrogens is 377 g/mol. The summed E-state index contributed by atoms with van der Waals surface area (Å²) in [7, 11) is 0. The molecule has 1 atom stereocenters. The van der Waals surface area contributed by atoms with Crippen molar-refractivity contribution in [1.29, 1.82) is 0 Å². The van der Waals surface area contributed by atoms with Crippen LogP contribution < -0.4 is 10.9 Å². The van der Waals surface area contributed by atoms with Crippen molar-refractivity contribution in [3.8, 4) is 0 Å². The molecule has 1 N–H and O–H groups in total. The van der Waals surface area contributed by atoms with E-state index in [1.54, 1.807) is 34.9 Å². The molecule has 7 heteroatoms. The van der Waals surface area contributed by atoms with Gasteiger partial charge in [0.25, 0.3) is 5.56 Å². The molecule has 4 rings (SSSR count). The molecule has 0 unspecified atom stereocenters. The first-order valence-electron chi connectivity index (χ1n) is 9.22. The molecule has 1 amide bonds. The zero-order chi connectivity index (χ0) is 19.7. The fourth-order valence-corrected chi connectivity index (χ4v) is 3.82. The molecular formula is C21H20FN3O2S. The number of thioether (sulfide) groups is 1. The van der Waals surface area contributed by atoms with Gasteiger partial charge in [0, 0.05) is 6.04 Å². The molecule has 1 fully saturated rings. The number of hydrogen-bond donors (Lipinski definition) is 1. The highest BCUT2D eigenvalue weighted by molar-refractivity contribution is 8.00. The maximum absolute atomic E-state index is 13.2. The van der Waals surface area contributed by atoms with Gasteiger partial charge in [-0.15, -0.1) is 0 Å². The van der Waals surface area contributed by atoms with E-state index in [4.69, 9.17) is 0 Å². The molecule has 3 aromatic rings. The summed E-state index contributed by atoms with van der Waals surface area (Å²) < 4.78 is 14.8. The summed E-state index contributed by atoms with van der Waals surface area (Å²) >= 11 is 1.27. The maximum Gasteiger partial charge on any atom is 0.262 e. The summed E-state index contributed by atoms with van der Waals surface area (Å²) in [6.45, 7) is 2.07. The first-order valence-corrected chi connectivity index (χ1v) is 10.1. The van der Waals surface area contributed by atoms with Gasteiger partial charge in [-0.1, -0.05) is 36.0 Å². The van der Waals surface area contributed by atoms with E-state index in [2.05, 4.69) is 10.3 Å². The number of amides is 1. The minimum absolute atomic E-state index is 0.0526. The molecule has 28 heavy (non-hydrogen) atoms. The lowest BCUT2D eigenvalue weighted by molar-refractivity contribution is -0.120. The zero-order valence-electron chi connectivity index (χ0n) is 15.4. The van der Waals surface area contributed by atoms with Crippen molar-refractivity contribution in [3.05, 3.63) is 70.3 Å². The maximum atomic E-state index is 13.2. The van der Waals surface area contributed by atoms with Crippen molar-refractivity contribution in [3.63, 3.8) is 0 Å². The van der Waals surface area contributed by atoms with E-state index in [-0.39, 0.29) is 35.1 Å². The average Bonchev–Trinajstić information content (AvgIpc) is 3.50. The van der Waals surface area contributed by atoms with Crippen LogP contribution in [-0.4, -0.2) is 26.8 Å². The fourth-order valence-electron chi connectivity index (χ4n) is 2.91. The lowest BCUT2D eigenvalue weighted by Gasteiger charge is -2.16. The second kappa shape index (κ2) is 7.75. The van der Waals surface area contributed by atoms with E-state index in [1.165, 1.54) is 23.9 Å². The van der Waals surface area contributed by atoms with Crippen LogP contribution in [0.25, 0.3) is 10.9 Å². The number of carbonyl (C=O) groups excluding carboxylic acids is 1. The molecule has 1 heterocycles. The molecule has 0 radical (unpaired) electrons. The van der Waals surface area contributed by atoms with Crippen LogP contribution in [0.5, 0.6) is 0 Å². The van der Waals surface area contributed by atoms with E-state index in [9.17, 15) is 14.0 Å². The van der Waals surface area contributed by atoms with Gasteiger partial charge in [0.15, 0.2) is 5.16 Å². The van der Waals surface area contributed by atoms with Gasteiger partial charge in [-0.25, -0.2) is 9.37 Å². The van der Waals surface area contributed by atoms with Crippen molar-refractivity contribution in [2.45, 2.75) is 42.8 Å². The number of para-hydroxylation sites is 1. The third-order valence-electron chi connectivity index (χ3n) is 4.66. The fraction of sp³-hybridized carbons (Fsp3) is 0.286. The van der Waals surface area contributed by atoms with E-state index < -0.39 is 0 Å². The van der Waals surface area contributed by atoms with Gasteiger partial charge in [-0.05, 0) is 49.6 Å². The Labute approximate surface area is 166 Å². The van der Waals surface area contributed by atoms with Gasteiger partial charge >= 0.3 is 0 Å². The molecule has 2 aromatic carbocycles. The van der Waals surface area contributed by atoms with E-state index in [0.717, 1.165) is 18.4 Å². The Bertz CT molecular complexity index is 1080. The first kappa shape index (κ1) is 18.7. The summed E-state index contributed by atoms with van der Waals surface area (Å²) in [6.07, 6.45) is 2.04. The summed E-state index contributed by atoms with van der Waals surface area (Å²) in [6, 6.07) is 13.5. The Kier molecular flexibility index (Phi) is 5.17. The monoisotopic (exact) mass is 397 g/mol. The Morgan fingerprint density at radius 2 is 1.96 bits per heavy atom. The van der Waals surface area contributed by atoms with Crippen LogP contribution in [0.3, 0.4) is 0 Å². The number of aromatic nitrogens is 2. The quantitative estimate of drug-likeness (QED) is 0.512. The van der Waals surface area contributed by atoms with Gasteiger partial charge in [0.05, 0.1) is 22.7 Å². The zero-order valence-corrected chi connectivity index (χ0v) is 16.2. The first-order chi connectivity index (χ1) is 13.5. The molecule has 1 aromatic heterocycles. The molecule has 0 aliphatic heterocycles. The van der Waals surface area contributed by atoms with Gasteiger partial charge in [0.1, 0.15) is 5.82 Å². The summed E-state index contributed by atoms with van der Waals surface area (Å²) in [5.41, 5.74) is 1.21. The van der Waals surface area contributed by atoms with Gasteiger partial charge in [0.2, 0.25) is 5.91 Å². The number of nitrogens with one attached hydrogen (secondary N) is 1. The standard InChI is InChI=1S/C21H20FN3O2S/c1-13(19(26)23-16-10-11-16)28-21-24-18-5-3-2-4-17(18)20(27)25(21)12-14-6-8-15(22)9-7-14/h2-9,13,16H,10-12H2,1H3,(H,23,26)/t13-/m0/s1. The predicted octanol–water partition coefficient (Wildman–Crippen LogP) is 3.34. The lowest BCUT2D eigenvalue weighted by atomic mass is 10.2. The number of rotatable bonds is 6. The summed E-state index contributed by atoms with van der Waals surface area (Å²) in [5, 5.41) is 3.60. The van der Waals surface area contributed by atoms with Gasteiger partial charge < -0.3 is 5.32 Å². The SMILES string of the molecule is C[C@H](Sc1nc2ccccc2c(=O)n1Cc1ccc(F)cc1)C(=O)NC1CC1. The highest BCUT2D eigenvalue weighted by atomic mass is 32.2. The third-order valence-corrected chi connectivity index (χ3v) is 5.75. The Hall–Kier alpha value is -2.67. The molecule has 0 spiro atoms. The number of carbonyl (C=O) groups is 1. The second-order valence-corrected chi connectivity index (χ2v) is 8.28. The van der Waals surface area contributed by atoms with Crippen LogP contribution in [0.2, 0.25) is 0 Å². The Morgan fingerprint density at radius 3 is 2.68 bits per heavy atom. The number of fused-ring (bicyclic) bond motifs is 1. The van der Waals surface area contributed by atoms with Crippen LogP contribution in [0.15, 0.2) is 58.5 Å². The van der Waals surface area contributed by atoms with E-state index >= 15 is 0 Å².